The summed E-state index contributed by atoms with van der Waals surface area (Å²) in [7, 11) is 0. The lowest BCUT2D eigenvalue weighted by molar-refractivity contribution is 0.119. The SMILES string of the molecule is CCCCCCOCCn1[nH]nnc1=S. The molecule has 0 aliphatic rings. The zero-order valence-electron chi connectivity index (χ0n) is 9.11. The summed E-state index contributed by atoms with van der Waals surface area (Å²) >= 11 is 4.92. The lowest BCUT2D eigenvalue weighted by atomic mass is 10.2. The number of hydrogen-bond donors (Lipinski definition) is 1. The second-order valence-corrected chi connectivity index (χ2v) is 3.77. The third-order valence-corrected chi connectivity index (χ3v) is 2.44. The topological polar surface area (TPSA) is 55.7 Å². The van der Waals surface area contributed by atoms with Crippen LogP contribution in [0.4, 0.5) is 0 Å². The highest BCUT2D eigenvalue weighted by atomic mass is 32.1. The number of aromatic amines is 1. The number of unbranched alkanes of at least 4 members (excludes halogenated alkanes) is 3. The third-order valence-electron chi connectivity index (χ3n) is 2.13. The molecule has 5 nitrogen and oxygen atoms in total. The molecule has 0 saturated carbocycles. The van der Waals surface area contributed by atoms with Gasteiger partial charge in [-0.2, -0.15) is 5.21 Å². The van der Waals surface area contributed by atoms with Crippen molar-refractivity contribution in [1.82, 2.24) is 20.2 Å². The van der Waals surface area contributed by atoms with E-state index in [-0.39, 0.29) is 0 Å². The van der Waals surface area contributed by atoms with Gasteiger partial charge >= 0.3 is 0 Å². The van der Waals surface area contributed by atoms with Crippen molar-refractivity contribution in [2.75, 3.05) is 13.2 Å². The second-order valence-electron chi connectivity index (χ2n) is 3.41. The molecule has 0 aromatic carbocycles. The van der Waals surface area contributed by atoms with Gasteiger partial charge in [0.2, 0.25) is 4.77 Å². The average Bonchev–Trinajstić information content (AvgIpc) is 2.63. The van der Waals surface area contributed by atoms with Crippen molar-refractivity contribution >= 4 is 12.2 Å². The Labute approximate surface area is 94.8 Å². The van der Waals surface area contributed by atoms with Crippen LogP contribution in [0.1, 0.15) is 32.6 Å². The van der Waals surface area contributed by atoms with Gasteiger partial charge in [-0.1, -0.05) is 36.5 Å². The summed E-state index contributed by atoms with van der Waals surface area (Å²) in [6.45, 7) is 4.38. The van der Waals surface area contributed by atoms with E-state index in [1.54, 1.807) is 4.68 Å². The monoisotopic (exact) mass is 230 g/mol. The first kappa shape index (κ1) is 12.3. The van der Waals surface area contributed by atoms with Crippen LogP contribution >= 0.6 is 12.2 Å². The molecular weight excluding hydrogens is 212 g/mol. The van der Waals surface area contributed by atoms with Crippen molar-refractivity contribution in [1.29, 1.82) is 0 Å². The largest absolute Gasteiger partial charge is 0.380 e. The molecule has 0 amide bonds. The molecule has 0 unspecified atom stereocenters. The molecule has 1 aromatic heterocycles. The smallest absolute Gasteiger partial charge is 0.238 e. The highest BCUT2D eigenvalue weighted by molar-refractivity contribution is 7.71. The van der Waals surface area contributed by atoms with Gasteiger partial charge in [-0.25, -0.2) is 4.68 Å². The van der Waals surface area contributed by atoms with Crippen molar-refractivity contribution < 1.29 is 4.74 Å². The summed E-state index contributed by atoms with van der Waals surface area (Å²) < 4.78 is 7.64. The van der Waals surface area contributed by atoms with Gasteiger partial charge in [0, 0.05) is 6.61 Å². The van der Waals surface area contributed by atoms with Gasteiger partial charge < -0.3 is 4.74 Å². The van der Waals surface area contributed by atoms with E-state index in [9.17, 15) is 0 Å². The lowest BCUT2D eigenvalue weighted by Crippen LogP contribution is -2.08. The first-order valence-corrected chi connectivity index (χ1v) is 5.81. The number of nitrogens with one attached hydrogen (secondary N) is 1. The van der Waals surface area contributed by atoms with Gasteiger partial charge in [0.05, 0.1) is 13.2 Å². The average molecular weight is 230 g/mol. The summed E-state index contributed by atoms with van der Waals surface area (Å²) in [5, 5.41) is 9.95. The van der Waals surface area contributed by atoms with Gasteiger partial charge in [0.25, 0.3) is 0 Å². The number of ether oxygens (including phenoxy) is 1. The lowest BCUT2D eigenvalue weighted by Gasteiger charge is -2.03. The highest BCUT2D eigenvalue weighted by Gasteiger charge is 1.95. The maximum atomic E-state index is 5.47. The Morgan fingerprint density at radius 2 is 2.20 bits per heavy atom. The number of hydrogen-bond acceptors (Lipinski definition) is 4. The molecule has 86 valence electrons. The summed E-state index contributed by atoms with van der Waals surface area (Å²) in [5.74, 6) is 0. The first-order chi connectivity index (χ1) is 7.34. The Hall–Kier alpha value is -0.750. The van der Waals surface area contributed by atoms with E-state index in [0.717, 1.165) is 13.0 Å². The van der Waals surface area contributed by atoms with Crippen LogP contribution < -0.4 is 0 Å². The summed E-state index contributed by atoms with van der Waals surface area (Å²) in [6, 6.07) is 0. The van der Waals surface area contributed by atoms with Crippen LogP contribution in [-0.2, 0) is 11.3 Å². The van der Waals surface area contributed by atoms with E-state index in [1.165, 1.54) is 19.3 Å². The molecule has 6 heteroatoms. The van der Waals surface area contributed by atoms with Crippen molar-refractivity contribution in [3.05, 3.63) is 4.77 Å². The van der Waals surface area contributed by atoms with Crippen LogP contribution in [0.5, 0.6) is 0 Å². The van der Waals surface area contributed by atoms with E-state index in [4.69, 9.17) is 17.0 Å². The number of aromatic nitrogens is 4. The number of tetrazole rings is 1. The fraction of sp³-hybridized carbons (Fsp3) is 0.889. The van der Waals surface area contributed by atoms with E-state index < -0.39 is 0 Å². The molecule has 0 saturated heterocycles. The summed E-state index contributed by atoms with van der Waals surface area (Å²) in [6.07, 6.45) is 4.94. The number of nitrogens with zero attached hydrogens (tertiary/aromatic N) is 3. The maximum absolute atomic E-state index is 5.47. The van der Waals surface area contributed by atoms with Crippen LogP contribution in [0.3, 0.4) is 0 Å². The van der Waals surface area contributed by atoms with Gasteiger partial charge in [-0.05, 0) is 18.6 Å². The fourth-order valence-corrected chi connectivity index (χ4v) is 1.42. The Bertz CT molecular complexity index is 309. The highest BCUT2D eigenvalue weighted by Crippen LogP contribution is 1.98. The van der Waals surface area contributed by atoms with Crippen molar-refractivity contribution in [2.24, 2.45) is 0 Å². The third kappa shape index (κ3) is 5.03. The normalized spacial score (nSPS) is 10.7. The van der Waals surface area contributed by atoms with Crippen LogP contribution in [0.25, 0.3) is 0 Å². The standard InChI is InChI=1S/C9H18N4OS/c1-2-3-4-5-7-14-8-6-13-9(15)10-11-12-13/h2-8H2,1H3,(H,10,12,15). The van der Waals surface area contributed by atoms with Gasteiger partial charge in [0.1, 0.15) is 0 Å². The zero-order valence-corrected chi connectivity index (χ0v) is 9.92. The van der Waals surface area contributed by atoms with Crippen LogP contribution in [0.15, 0.2) is 0 Å². The molecule has 1 aromatic rings. The molecule has 15 heavy (non-hydrogen) atoms. The zero-order chi connectivity index (χ0) is 10.9. The molecule has 0 atom stereocenters. The molecule has 0 radical (unpaired) electrons. The minimum atomic E-state index is 0.476. The van der Waals surface area contributed by atoms with Gasteiger partial charge in [0.15, 0.2) is 0 Å². The quantitative estimate of drug-likeness (QED) is 0.547. The van der Waals surface area contributed by atoms with Gasteiger partial charge in [-0.3, -0.25) is 0 Å². The van der Waals surface area contributed by atoms with Gasteiger partial charge in [-0.15, -0.1) is 0 Å². The molecule has 1 heterocycles. The predicted octanol–water partition coefficient (Wildman–Crippen LogP) is 1.93. The Kier molecular flexibility index (Phi) is 6.18. The summed E-state index contributed by atoms with van der Waals surface area (Å²) in [5.41, 5.74) is 0. The molecule has 0 fully saturated rings. The molecule has 0 aliphatic carbocycles. The van der Waals surface area contributed by atoms with E-state index in [0.29, 0.717) is 17.9 Å². The predicted molar refractivity (Wildman–Crippen MR) is 60.2 cm³/mol. The minimum Gasteiger partial charge on any atom is -0.380 e. The Morgan fingerprint density at radius 1 is 1.33 bits per heavy atom. The van der Waals surface area contributed by atoms with Crippen LogP contribution in [0, 0.1) is 4.77 Å². The van der Waals surface area contributed by atoms with E-state index in [2.05, 4.69) is 22.4 Å². The molecule has 0 spiro atoms. The van der Waals surface area contributed by atoms with Crippen molar-refractivity contribution in [3.63, 3.8) is 0 Å². The Balaban J connectivity index is 1.98. The van der Waals surface area contributed by atoms with Crippen molar-refractivity contribution in [2.45, 2.75) is 39.2 Å². The fourth-order valence-electron chi connectivity index (χ4n) is 1.25. The molecule has 0 aliphatic heterocycles. The van der Waals surface area contributed by atoms with Crippen LogP contribution in [-0.4, -0.2) is 33.4 Å². The maximum Gasteiger partial charge on any atom is 0.238 e. The second kappa shape index (κ2) is 7.53. The Morgan fingerprint density at radius 3 is 2.87 bits per heavy atom. The molecule has 1 N–H and O–H groups in total. The minimum absolute atomic E-state index is 0.476. The molecule has 1 rings (SSSR count). The number of H-pyrrole nitrogens is 1. The summed E-state index contributed by atoms with van der Waals surface area (Å²) in [4.78, 5) is 0. The van der Waals surface area contributed by atoms with E-state index >= 15 is 0 Å². The first-order valence-electron chi connectivity index (χ1n) is 5.40. The van der Waals surface area contributed by atoms with Crippen molar-refractivity contribution in [3.8, 4) is 0 Å². The van der Waals surface area contributed by atoms with E-state index in [1.807, 2.05) is 0 Å². The number of rotatable bonds is 8. The molecular formula is C9H18N4OS. The molecule has 0 bridgehead atoms. The van der Waals surface area contributed by atoms with Crippen LogP contribution in [0.2, 0.25) is 0 Å².